The molecule has 1 saturated heterocycles. The first-order chi connectivity index (χ1) is 17.2. The predicted octanol–water partition coefficient (Wildman–Crippen LogP) is 3.95. The summed E-state index contributed by atoms with van der Waals surface area (Å²) in [5.74, 6) is 0.0400. The number of ether oxygens (including phenoxy) is 3. The van der Waals surface area contributed by atoms with Crippen LogP contribution in [0.3, 0.4) is 0 Å². The number of aliphatic hydroxyl groups is 1. The normalized spacial score (nSPS) is 16.9. The molecule has 0 spiro atoms. The number of nitrogens with zero attached hydrogens (tertiary/aromatic N) is 2. The number of carbonyl (C=O) groups excluding carboxylic acids is 2. The summed E-state index contributed by atoms with van der Waals surface area (Å²) in [4.78, 5) is 30.0. The van der Waals surface area contributed by atoms with E-state index in [9.17, 15) is 14.7 Å². The van der Waals surface area contributed by atoms with E-state index in [0.717, 1.165) is 12.1 Å². The molecular formula is C28H34N2O6. The van der Waals surface area contributed by atoms with E-state index in [1.807, 2.05) is 25.9 Å². The Labute approximate surface area is 212 Å². The van der Waals surface area contributed by atoms with Crippen molar-refractivity contribution >= 4 is 17.4 Å². The minimum atomic E-state index is -0.774. The molecule has 1 unspecified atom stereocenters. The summed E-state index contributed by atoms with van der Waals surface area (Å²) in [7, 11) is 6.96. The molecule has 8 heteroatoms. The number of hydrogen-bond acceptors (Lipinski definition) is 7. The monoisotopic (exact) mass is 494 g/mol. The summed E-state index contributed by atoms with van der Waals surface area (Å²) in [5.41, 5.74) is 1.89. The molecule has 192 valence electrons. The van der Waals surface area contributed by atoms with Crippen LogP contribution in [-0.4, -0.2) is 74.6 Å². The fourth-order valence-corrected chi connectivity index (χ4v) is 4.30. The van der Waals surface area contributed by atoms with Gasteiger partial charge in [-0.15, -0.1) is 0 Å². The highest BCUT2D eigenvalue weighted by Gasteiger charge is 2.46. The van der Waals surface area contributed by atoms with Gasteiger partial charge in [0.25, 0.3) is 11.7 Å². The van der Waals surface area contributed by atoms with Crippen molar-refractivity contribution in [3.63, 3.8) is 0 Å². The van der Waals surface area contributed by atoms with Gasteiger partial charge in [0.05, 0.1) is 25.8 Å². The van der Waals surface area contributed by atoms with Gasteiger partial charge in [-0.3, -0.25) is 9.59 Å². The SMILES string of the molecule is C=CCOc1ccc(/C(O)=C2/C(=O)C(=O)N(CCCN(C)C)C2c2ccc(OC)c(OC)c2)cc1C. The smallest absolute Gasteiger partial charge is 0.295 e. The van der Waals surface area contributed by atoms with Crippen LogP contribution in [0, 0.1) is 6.92 Å². The van der Waals surface area contributed by atoms with Gasteiger partial charge in [0.2, 0.25) is 0 Å². The van der Waals surface area contributed by atoms with Gasteiger partial charge in [-0.25, -0.2) is 0 Å². The average molecular weight is 495 g/mol. The van der Waals surface area contributed by atoms with Gasteiger partial charge in [0, 0.05) is 12.1 Å². The Bertz CT molecular complexity index is 1170. The number of Topliss-reactive ketones (excluding diaryl/α,β-unsaturated/α-hetero) is 1. The molecule has 2 aromatic rings. The summed E-state index contributed by atoms with van der Waals surface area (Å²) in [6, 6.07) is 9.60. The Morgan fingerprint density at radius 1 is 1.08 bits per heavy atom. The van der Waals surface area contributed by atoms with Crippen LogP contribution in [-0.2, 0) is 9.59 Å². The van der Waals surface area contributed by atoms with E-state index in [-0.39, 0.29) is 11.3 Å². The lowest BCUT2D eigenvalue weighted by Gasteiger charge is -2.26. The van der Waals surface area contributed by atoms with Crippen LogP contribution < -0.4 is 14.2 Å². The molecule has 0 aromatic heterocycles. The fraction of sp³-hybridized carbons (Fsp3) is 0.357. The first-order valence-corrected chi connectivity index (χ1v) is 11.7. The lowest BCUT2D eigenvalue weighted by atomic mass is 9.94. The summed E-state index contributed by atoms with van der Waals surface area (Å²) in [6.07, 6.45) is 2.31. The summed E-state index contributed by atoms with van der Waals surface area (Å²) in [5, 5.41) is 11.3. The van der Waals surface area contributed by atoms with Crippen LogP contribution >= 0.6 is 0 Å². The third-order valence-corrected chi connectivity index (χ3v) is 6.07. The zero-order valence-electron chi connectivity index (χ0n) is 21.5. The molecular weight excluding hydrogens is 460 g/mol. The Morgan fingerprint density at radius 3 is 2.39 bits per heavy atom. The standard InChI is InChI=1S/C28H34N2O6/c1-7-15-36-21-11-10-20(16-18(21)2)26(31)24-25(19-9-12-22(34-5)23(17-19)35-6)30(28(33)27(24)32)14-8-13-29(3)4/h7,9-12,16-17,25,31H,1,8,13-15H2,2-6H3/b26-24-. The van der Waals surface area contributed by atoms with E-state index >= 15 is 0 Å². The molecule has 1 heterocycles. The van der Waals surface area contributed by atoms with E-state index in [0.29, 0.717) is 47.9 Å². The highest BCUT2D eigenvalue weighted by atomic mass is 16.5. The number of ketones is 1. The van der Waals surface area contributed by atoms with Crippen molar-refractivity contribution in [3.8, 4) is 17.2 Å². The van der Waals surface area contributed by atoms with Crippen molar-refractivity contribution in [2.75, 3.05) is 48.0 Å². The van der Waals surface area contributed by atoms with Crippen molar-refractivity contribution in [2.24, 2.45) is 0 Å². The van der Waals surface area contributed by atoms with Crippen molar-refractivity contribution in [3.05, 3.63) is 71.3 Å². The maximum atomic E-state index is 13.3. The van der Waals surface area contributed by atoms with E-state index in [1.165, 1.54) is 19.1 Å². The van der Waals surface area contributed by atoms with Crippen LogP contribution in [0.15, 0.2) is 54.6 Å². The van der Waals surface area contributed by atoms with Crippen LogP contribution in [0.4, 0.5) is 0 Å². The van der Waals surface area contributed by atoms with Gasteiger partial charge in [-0.1, -0.05) is 18.7 Å². The topological polar surface area (TPSA) is 88.5 Å². The van der Waals surface area contributed by atoms with Crippen molar-refractivity contribution in [2.45, 2.75) is 19.4 Å². The minimum Gasteiger partial charge on any atom is -0.507 e. The third kappa shape index (κ3) is 5.54. The van der Waals surface area contributed by atoms with Crippen molar-refractivity contribution in [1.82, 2.24) is 9.80 Å². The van der Waals surface area contributed by atoms with Crippen LogP contribution in [0.1, 0.15) is 29.2 Å². The average Bonchev–Trinajstić information content (AvgIpc) is 3.11. The molecule has 0 saturated carbocycles. The fourth-order valence-electron chi connectivity index (χ4n) is 4.30. The number of rotatable bonds is 11. The first kappa shape index (κ1) is 26.8. The van der Waals surface area contributed by atoms with Crippen molar-refractivity contribution in [1.29, 1.82) is 0 Å². The van der Waals surface area contributed by atoms with Gasteiger partial charge in [0.15, 0.2) is 11.5 Å². The second kappa shape index (κ2) is 11.8. The molecule has 1 atom stereocenters. The van der Waals surface area contributed by atoms with Gasteiger partial charge in [-0.05, 0) is 75.4 Å². The van der Waals surface area contributed by atoms with Crippen molar-refractivity contribution < 1.29 is 28.9 Å². The molecule has 2 aromatic carbocycles. The molecule has 1 amide bonds. The Balaban J connectivity index is 2.12. The lowest BCUT2D eigenvalue weighted by Crippen LogP contribution is -2.32. The van der Waals surface area contributed by atoms with E-state index in [2.05, 4.69) is 6.58 Å². The van der Waals surface area contributed by atoms with E-state index in [4.69, 9.17) is 14.2 Å². The molecule has 1 aliphatic heterocycles. The molecule has 1 fully saturated rings. The maximum absolute atomic E-state index is 13.3. The third-order valence-electron chi connectivity index (χ3n) is 6.07. The Morgan fingerprint density at radius 2 is 1.78 bits per heavy atom. The molecule has 0 aliphatic carbocycles. The van der Waals surface area contributed by atoms with E-state index in [1.54, 1.807) is 42.5 Å². The lowest BCUT2D eigenvalue weighted by molar-refractivity contribution is -0.139. The molecule has 36 heavy (non-hydrogen) atoms. The molecule has 3 rings (SSSR count). The quantitative estimate of drug-likeness (QED) is 0.219. The maximum Gasteiger partial charge on any atom is 0.295 e. The van der Waals surface area contributed by atoms with Gasteiger partial charge in [-0.2, -0.15) is 0 Å². The highest BCUT2D eigenvalue weighted by Crippen LogP contribution is 2.42. The molecule has 0 radical (unpaired) electrons. The first-order valence-electron chi connectivity index (χ1n) is 11.7. The van der Waals surface area contributed by atoms with Gasteiger partial charge in [0.1, 0.15) is 18.1 Å². The predicted molar refractivity (Wildman–Crippen MR) is 139 cm³/mol. The second-order valence-electron chi connectivity index (χ2n) is 8.84. The second-order valence-corrected chi connectivity index (χ2v) is 8.84. The van der Waals surface area contributed by atoms with E-state index < -0.39 is 17.7 Å². The van der Waals surface area contributed by atoms with Gasteiger partial charge < -0.3 is 29.1 Å². The Hall–Kier alpha value is -3.78. The highest BCUT2D eigenvalue weighted by molar-refractivity contribution is 6.46. The number of amides is 1. The summed E-state index contributed by atoms with van der Waals surface area (Å²) in [6.45, 7) is 6.95. The minimum absolute atomic E-state index is 0.0382. The largest absolute Gasteiger partial charge is 0.507 e. The number of aliphatic hydroxyl groups excluding tert-OH is 1. The Kier molecular flexibility index (Phi) is 8.77. The van der Waals surface area contributed by atoms with Crippen LogP contribution in [0.2, 0.25) is 0 Å². The van der Waals surface area contributed by atoms with Crippen LogP contribution in [0.25, 0.3) is 5.76 Å². The number of methoxy groups -OCH3 is 2. The number of hydrogen-bond donors (Lipinski definition) is 1. The molecule has 1 N–H and O–H groups in total. The zero-order valence-corrected chi connectivity index (χ0v) is 21.5. The van der Waals surface area contributed by atoms with Gasteiger partial charge >= 0.3 is 0 Å². The van der Waals surface area contributed by atoms with Crippen LogP contribution in [0.5, 0.6) is 17.2 Å². The molecule has 0 bridgehead atoms. The number of carbonyl (C=O) groups is 2. The number of aryl methyl sites for hydroxylation is 1. The summed E-state index contributed by atoms with van der Waals surface area (Å²) >= 11 is 0. The summed E-state index contributed by atoms with van der Waals surface area (Å²) < 4.78 is 16.4. The zero-order chi connectivity index (χ0) is 26.4. The number of benzene rings is 2. The number of likely N-dealkylation sites (tertiary alicyclic amines) is 1. The molecule has 8 nitrogen and oxygen atoms in total. The molecule has 1 aliphatic rings.